The third-order valence-corrected chi connectivity index (χ3v) is 6.08. The quantitative estimate of drug-likeness (QED) is 0.314. The van der Waals surface area contributed by atoms with Crippen LogP contribution in [0, 0.1) is 0 Å². The Bertz CT molecular complexity index is 1250. The van der Waals surface area contributed by atoms with E-state index in [0.29, 0.717) is 13.2 Å². The van der Waals surface area contributed by atoms with Crippen molar-refractivity contribution in [2.75, 3.05) is 13.6 Å². The van der Waals surface area contributed by atoms with Crippen molar-refractivity contribution in [2.24, 2.45) is 0 Å². The van der Waals surface area contributed by atoms with Gasteiger partial charge in [-0.15, -0.1) is 0 Å². The van der Waals surface area contributed by atoms with Gasteiger partial charge in [0.05, 0.1) is 0 Å². The molecule has 1 aliphatic rings. The Hall–Kier alpha value is -3.82. The van der Waals surface area contributed by atoms with Gasteiger partial charge in [-0.05, 0) is 64.7 Å². The second-order valence-corrected chi connectivity index (χ2v) is 8.71. The summed E-state index contributed by atoms with van der Waals surface area (Å²) in [5, 5.41) is 0. The van der Waals surface area contributed by atoms with Crippen LogP contribution in [-0.4, -0.2) is 18.5 Å². The van der Waals surface area contributed by atoms with Gasteiger partial charge in [0.15, 0.2) is 0 Å². The molecule has 0 fully saturated rings. The minimum absolute atomic E-state index is 0.572. The maximum atomic E-state index is 6.10. The molecule has 4 aromatic rings. The largest absolute Gasteiger partial charge is 0.489 e. The molecular weight excluding hydrogens is 418 g/mol. The Morgan fingerprint density at radius 3 is 1.91 bits per heavy atom. The Morgan fingerprint density at radius 1 is 0.676 bits per heavy atom. The molecule has 3 heteroatoms. The van der Waals surface area contributed by atoms with Gasteiger partial charge in [-0.1, -0.05) is 84.9 Å². The van der Waals surface area contributed by atoms with Crippen molar-refractivity contribution < 1.29 is 9.47 Å². The van der Waals surface area contributed by atoms with E-state index in [-0.39, 0.29) is 0 Å². The topological polar surface area (TPSA) is 21.7 Å². The van der Waals surface area contributed by atoms with Crippen LogP contribution in [0.1, 0.15) is 27.8 Å². The van der Waals surface area contributed by atoms with E-state index in [4.69, 9.17) is 9.47 Å². The SMILES string of the molecule is CN1CC=C(c2ccc(OCc3ccccc3)cc2)c2ccc(OCc3ccccc3)cc2C1. The highest BCUT2D eigenvalue weighted by Crippen LogP contribution is 2.33. The first kappa shape index (κ1) is 22.0. The first-order valence-corrected chi connectivity index (χ1v) is 11.7. The molecular formula is C31H29NO2. The summed E-state index contributed by atoms with van der Waals surface area (Å²) in [6.07, 6.45) is 2.32. The normalized spacial score (nSPS) is 13.5. The molecule has 0 radical (unpaired) electrons. The van der Waals surface area contributed by atoms with Crippen LogP contribution in [0.4, 0.5) is 0 Å². The number of ether oxygens (including phenoxy) is 2. The molecule has 0 spiro atoms. The standard InChI is InChI=1S/C31H29NO2/c1-32-19-18-31(26-12-14-28(15-13-26)33-22-24-8-4-2-5-9-24)30-17-16-29(20-27(30)21-32)34-23-25-10-6-3-7-11-25/h2-18,20H,19,21-23H2,1H3. The van der Waals surface area contributed by atoms with Gasteiger partial charge < -0.3 is 9.47 Å². The van der Waals surface area contributed by atoms with Gasteiger partial charge in [-0.25, -0.2) is 0 Å². The van der Waals surface area contributed by atoms with Crippen molar-refractivity contribution in [1.82, 2.24) is 4.90 Å². The van der Waals surface area contributed by atoms with Crippen LogP contribution in [0.25, 0.3) is 5.57 Å². The van der Waals surface area contributed by atoms with Gasteiger partial charge in [0, 0.05) is 13.1 Å². The van der Waals surface area contributed by atoms with E-state index in [1.165, 1.54) is 33.4 Å². The average Bonchev–Trinajstić information content (AvgIpc) is 3.05. The third kappa shape index (κ3) is 5.38. The Kier molecular flexibility index (Phi) is 6.73. The van der Waals surface area contributed by atoms with Crippen molar-refractivity contribution in [3.63, 3.8) is 0 Å². The number of hydrogen-bond acceptors (Lipinski definition) is 3. The maximum Gasteiger partial charge on any atom is 0.120 e. The lowest BCUT2D eigenvalue weighted by molar-refractivity contribution is 0.304. The molecule has 170 valence electrons. The van der Waals surface area contributed by atoms with Gasteiger partial charge in [-0.3, -0.25) is 4.90 Å². The number of hydrogen-bond donors (Lipinski definition) is 0. The van der Waals surface area contributed by atoms with E-state index in [1.54, 1.807) is 0 Å². The molecule has 0 N–H and O–H groups in total. The smallest absolute Gasteiger partial charge is 0.120 e. The zero-order chi connectivity index (χ0) is 23.2. The van der Waals surface area contributed by atoms with Crippen LogP contribution in [0.15, 0.2) is 109 Å². The maximum absolute atomic E-state index is 6.10. The molecule has 0 atom stereocenters. The molecule has 3 nitrogen and oxygen atoms in total. The second-order valence-electron chi connectivity index (χ2n) is 8.71. The van der Waals surface area contributed by atoms with E-state index < -0.39 is 0 Å². The average molecular weight is 448 g/mol. The molecule has 0 saturated heterocycles. The van der Waals surface area contributed by atoms with Crippen molar-refractivity contribution >= 4 is 5.57 Å². The van der Waals surface area contributed by atoms with Crippen molar-refractivity contribution in [2.45, 2.75) is 19.8 Å². The number of benzene rings is 4. The third-order valence-electron chi connectivity index (χ3n) is 6.08. The summed E-state index contributed by atoms with van der Waals surface area (Å²) >= 11 is 0. The van der Waals surface area contributed by atoms with Gasteiger partial charge >= 0.3 is 0 Å². The lowest BCUT2D eigenvalue weighted by Gasteiger charge is -2.16. The van der Waals surface area contributed by atoms with Crippen LogP contribution in [0.3, 0.4) is 0 Å². The fraction of sp³-hybridized carbons (Fsp3) is 0.161. The molecule has 0 aliphatic carbocycles. The highest BCUT2D eigenvalue weighted by Gasteiger charge is 2.16. The summed E-state index contributed by atoms with van der Waals surface area (Å²) in [4.78, 5) is 2.32. The molecule has 0 amide bonds. The molecule has 0 bridgehead atoms. The van der Waals surface area contributed by atoms with Gasteiger partial charge in [0.1, 0.15) is 24.7 Å². The summed E-state index contributed by atoms with van der Waals surface area (Å²) in [7, 11) is 2.15. The molecule has 1 aliphatic heterocycles. The molecule has 5 rings (SSSR count). The molecule has 0 saturated carbocycles. The van der Waals surface area contributed by atoms with Gasteiger partial charge in [-0.2, -0.15) is 0 Å². The lowest BCUT2D eigenvalue weighted by atomic mass is 9.94. The van der Waals surface area contributed by atoms with E-state index in [1.807, 2.05) is 36.4 Å². The van der Waals surface area contributed by atoms with Crippen molar-refractivity contribution in [1.29, 1.82) is 0 Å². The summed E-state index contributed by atoms with van der Waals surface area (Å²) in [5.41, 5.74) is 7.32. The molecule has 0 aromatic heterocycles. The second kappa shape index (κ2) is 10.4. The lowest BCUT2D eigenvalue weighted by Crippen LogP contribution is -2.16. The van der Waals surface area contributed by atoms with E-state index in [0.717, 1.165) is 24.6 Å². The van der Waals surface area contributed by atoms with E-state index in [9.17, 15) is 0 Å². The summed E-state index contributed by atoms with van der Waals surface area (Å²) < 4.78 is 12.1. The van der Waals surface area contributed by atoms with Crippen LogP contribution >= 0.6 is 0 Å². The predicted molar refractivity (Wildman–Crippen MR) is 138 cm³/mol. The number of nitrogens with zero attached hydrogens (tertiary/aromatic N) is 1. The zero-order valence-corrected chi connectivity index (χ0v) is 19.5. The highest BCUT2D eigenvalue weighted by atomic mass is 16.5. The first-order valence-electron chi connectivity index (χ1n) is 11.7. The Morgan fingerprint density at radius 2 is 1.26 bits per heavy atom. The van der Waals surface area contributed by atoms with Crippen molar-refractivity contribution in [3.05, 3.63) is 137 Å². The van der Waals surface area contributed by atoms with Crippen LogP contribution in [-0.2, 0) is 19.8 Å². The first-order chi connectivity index (χ1) is 16.7. The number of rotatable bonds is 7. The van der Waals surface area contributed by atoms with Crippen LogP contribution < -0.4 is 9.47 Å². The number of likely N-dealkylation sites (N-methyl/N-ethyl adjacent to an activating group) is 1. The minimum atomic E-state index is 0.572. The Labute approximate surface area is 201 Å². The Balaban J connectivity index is 1.33. The molecule has 1 heterocycles. The van der Waals surface area contributed by atoms with Gasteiger partial charge in [0.2, 0.25) is 0 Å². The molecule has 0 unspecified atom stereocenters. The summed E-state index contributed by atoms with van der Waals surface area (Å²) in [5.74, 6) is 1.78. The summed E-state index contributed by atoms with van der Waals surface area (Å²) in [6.45, 7) is 2.93. The summed E-state index contributed by atoms with van der Waals surface area (Å²) in [6, 6.07) is 35.4. The van der Waals surface area contributed by atoms with E-state index in [2.05, 4.69) is 84.8 Å². The van der Waals surface area contributed by atoms with Crippen LogP contribution in [0.5, 0.6) is 11.5 Å². The van der Waals surface area contributed by atoms with Crippen LogP contribution in [0.2, 0.25) is 0 Å². The predicted octanol–water partition coefficient (Wildman–Crippen LogP) is 6.72. The molecule has 4 aromatic carbocycles. The zero-order valence-electron chi connectivity index (χ0n) is 19.5. The number of fused-ring (bicyclic) bond motifs is 1. The van der Waals surface area contributed by atoms with Crippen molar-refractivity contribution in [3.8, 4) is 11.5 Å². The highest BCUT2D eigenvalue weighted by molar-refractivity contribution is 5.82. The molecule has 34 heavy (non-hydrogen) atoms. The minimum Gasteiger partial charge on any atom is -0.489 e. The monoisotopic (exact) mass is 447 g/mol. The fourth-order valence-corrected chi connectivity index (χ4v) is 4.25. The fourth-order valence-electron chi connectivity index (χ4n) is 4.25. The van der Waals surface area contributed by atoms with E-state index >= 15 is 0 Å². The van der Waals surface area contributed by atoms with Gasteiger partial charge in [0.25, 0.3) is 0 Å².